The van der Waals surface area contributed by atoms with Crippen molar-refractivity contribution in [2.24, 2.45) is 0 Å². The summed E-state index contributed by atoms with van der Waals surface area (Å²) in [6, 6.07) is 13.0. The Morgan fingerprint density at radius 2 is 1.89 bits per heavy atom. The first-order chi connectivity index (χ1) is 9.13. The summed E-state index contributed by atoms with van der Waals surface area (Å²) in [6.07, 6.45) is 0. The van der Waals surface area contributed by atoms with Gasteiger partial charge in [-0.25, -0.2) is 0 Å². The van der Waals surface area contributed by atoms with Gasteiger partial charge in [0.25, 0.3) is 5.91 Å². The van der Waals surface area contributed by atoms with Crippen LogP contribution in [0.4, 0.5) is 5.69 Å². The summed E-state index contributed by atoms with van der Waals surface area (Å²) in [6.45, 7) is 1.22. The Hall–Kier alpha value is -2.00. The Kier molecular flexibility index (Phi) is 2.91. The molecule has 0 unspecified atom stereocenters. The van der Waals surface area contributed by atoms with Gasteiger partial charge in [-0.1, -0.05) is 29.8 Å². The second-order valence-electron chi connectivity index (χ2n) is 4.70. The Morgan fingerprint density at radius 3 is 2.63 bits per heavy atom. The van der Waals surface area contributed by atoms with E-state index in [1.807, 2.05) is 41.3 Å². The molecule has 2 aromatic carbocycles. The topological polar surface area (TPSA) is 46.3 Å². The molecular weight excluding hydrogens is 260 g/mol. The molecule has 0 saturated heterocycles. The fraction of sp³-hybridized carbons (Fsp3) is 0.133. The number of carbonyl (C=O) groups excluding carboxylic acids is 1. The predicted octanol–water partition coefficient (Wildman–Crippen LogP) is 3.08. The van der Waals surface area contributed by atoms with Crippen LogP contribution in [0.15, 0.2) is 42.5 Å². The highest BCUT2D eigenvalue weighted by Crippen LogP contribution is 2.26. The Balaban J connectivity index is 1.82. The molecular formula is C15H13ClN2O. The van der Waals surface area contributed by atoms with E-state index in [-0.39, 0.29) is 5.91 Å². The van der Waals surface area contributed by atoms with Crippen LogP contribution in [0.5, 0.6) is 0 Å². The molecule has 4 heteroatoms. The quantitative estimate of drug-likeness (QED) is 0.854. The number of hydrogen-bond acceptors (Lipinski definition) is 2. The lowest BCUT2D eigenvalue weighted by molar-refractivity contribution is 0.0767. The lowest BCUT2D eigenvalue weighted by atomic mass is 10.1. The Morgan fingerprint density at radius 1 is 1.16 bits per heavy atom. The van der Waals surface area contributed by atoms with E-state index in [0.717, 1.165) is 11.1 Å². The molecule has 2 aromatic rings. The average molecular weight is 273 g/mol. The number of benzene rings is 2. The third kappa shape index (κ3) is 2.29. The molecule has 3 nitrogen and oxygen atoms in total. The number of amides is 1. The van der Waals surface area contributed by atoms with E-state index in [1.165, 1.54) is 0 Å². The van der Waals surface area contributed by atoms with E-state index in [9.17, 15) is 4.79 Å². The van der Waals surface area contributed by atoms with Gasteiger partial charge in [-0.3, -0.25) is 4.79 Å². The van der Waals surface area contributed by atoms with E-state index < -0.39 is 0 Å². The highest BCUT2D eigenvalue weighted by molar-refractivity contribution is 6.30. The van der Waals surface area contributed by atoms with Gasteiger partial charge in [0.1, 0.15) is 0 Å². The minimum Gasteiger partial charge on any atom is -0.399 e. The van der Waals surface area contributed by atoms with Crippen molar-refractivity contribution in [1.82, 2.24) is 4.90 Å². The summed E-state index contributed by atoms with van der Waals surface area (Å²) < 4.78 is 0. The summed E-state index contributed by atoms with van der Waals surface area (Å²) in [5.41, 5.74) is 9.17. The normalized spacial score (nSPS) is 13.7. The van der Waals surface area contributed by atoms with Crippen molar-refractivity contribution in [3.8, 4) is 0 Å². The maximum absolute atomic E-state index is 12.3. The third-order valence-electron chi connectivity index (χ3n) is 3.30. The van der Waals surface area contributed by atoms with Crippen molar-refractivity contribution < 1.29 is 4.79 Å². The summed E-state index contributed by atoms with van der Waals surface area (Å²) >= 11 is 5.85. The van der Waals surface area contributed by atoms with Gasteiger partial charge in [-0.05, 0) is 35.4 Å². The molecule has 3 rings (SSSR count). The molecule has 0 spiro atoms. The van der Waals surface area contributed by atoms with Gasteiger partial charge in [0.05, 0.1) is 0 Å². The van der Waals surface area contributed by atoms with Gasteiger partial charge in [-0.15, -0.1) is 0 Å². The van der Waals surface area contributed by atoms with Crippen LogP contribution < -0.4 is 5.73 Å². The first-order valence-corrected chi connectivity index (χ1v) is 6.43. The smallest absolute Gasteiger partial charge is 0.254 e. The SMILES string of the molecule is Nc1ccc2c(c1)C(=O)N(Cc1ccc(Cl)cc1)C2. The molecule has 0 saturated carbocycles. The monoisotopic (exact) mass is 272 g/mol. The maximum atomic E-state index is 12.3. The molecule has 1 aliphatic rings. The molecule has 1 aliphatic heterocycles. The maximum Gasteiger partial charge on any atom is 0.254 e. The van der Waals surface area contributed by atoms with E-state index >= 15 is 0 Å². The number of nitrogens with two attached hydrogens (primary N) is 1. The number of rotatable bonds is 2. The molecule has 0 aromatic heterocycles. The number of fused-ring (bicyclic) bond motifs is 1. The van der Waals surface area contributed by atoms with Crippen LogP contribution in [0.2, 0.25) is 5.02 Å². The molecule has 96 valence electrons. The number of nitrogens with zero attached hydrogens (tertiary/aromatic N) is 1. The van der Waals surface area contributed by atoms with Gasteiger partial charge in [0, 0.05) is 29.4 Å². The second kappa shape index (κ2) is 4.59. The van der Waals surface area contributed by atoms with E-state index in [2.05, 4.69) is 0 Å². The van der Waals surface area contributed by atoms with Gasteiger partial charge in [0.15, 0.2) is 0 Å². The molecule has 0 fully saturated rings. The summed E-state index contributed by atoms with van der Waals surface area (Å²) in [7, 11) is 0. The summed E-state index contributed by atoms with van der Waals surface area (Å²) in [5.74, 6) is 0.0391. The van der Waals surface area contributed by atoms with Crippen LogP contribution in [0, 0.1) is 0 Å². The number of anilines is 1. The van der Waals surface area contributed by atoms with Crippen LogP contribution in [0.25, 0.3) is 0 Å². The summed E-state index contributed by atoms with van der Waals surface area (Å²) in [4.78, 5) is 14.1. The number of hydrogen-bond donors (Lipinski definition) is 1. The average Bonchev–Trinajstić information content (AvgIpc) is 2.70. The van der Waals surface area contributed by atoms with Crippen molar-refractivity contribution in [3.05, 3.63) is 64.2 Å². The highest BCUT2D eigenvalue weighted by Gasteiger charge is 2.27. The molecule has 0 bridgehead atoms. The van der Waals surface area contributed by atoms with Gasteiger partial charge >= 0.3 is 0 Å². The zero-order chi connectivity index (χ0) is 13.4. The lowest BCUT2D eigenvalue weighted by Gasteiger charge is -2.15. The summed E-state index contributed by atoms with van der Waals surface area (Å²) in [5, 5.41) is 0.701. The number of nitrogen functional groups attached to an aromatic ring is 1. The standard InChI is InChI=1S/C15H13ClN2O/c16-12-4-1-10(2-5-12)8-18-9-11-3-6-13(17)7-14(11)15(18)19/h1-7H,8-9,17H2. The lowest BCUT2D eigenvalue weighted by Crippen LogP contribution is -2.23. The number of carbonyl (C=O) groups is 1. The fourth-order valence-corrected chi connectivity index (χ4v) is 2.44. The largest absolute Gasteiger partial charge is 0.399 e. The van der Waals surface area contributed by atoms with Gasteiger partial charge < -0.3 is 10.6 Å². The van der Waals surface area contributed by atoms with Crippen LogP contribution >= 0.6 is 11.6 Å². The van der Waals surface area contributed by atoms with Crippen LogP contribution in [-0.2, 0) is 13.1 Å². The first kappa shape index (κ1) is 12.1. The van der Waals surface area contributed by atoms with Crippen molar-refractivity contribution in [2.45, 2.75) is 13.1 Å². The Labute approximate surface area is 116 Å². The van der Waals surface area contributed by atoms with E-state index in [4.69, 9.17) is 17.3 Å². The van der Waals surface area contributed by atoms with Crippen molar-refractivity contribution >= 4 is 23.2 Å². The Bertz CT molecular complexity index is 637. The second-order valence-corrected chi connectivity index (χ2v) is 5.14. The zero-order valence-corrected chi connectivity index (χ0v) is 11.0. The zero-order valence-electron chi connectivity index (χ0n) is 10.3. The van der Waals surface area contributed by atoms with Crippen molar-refractivity contribution in [1.29, 1.82) is 0 Å². The van der Waals surface area contributed by atoms with Gasteiger partial charge in [-0.2, -0.15) is 0 Å². The molecule has 1 heterocycles. The molecule has 0 aliphatic carbocycles. The highest BCUT2D eigenvalue weighted by atomic mass is 35.5. The van der Waals surface area contributed by atoms with E-state index in [1.54, 1.807) is 6.07 Å². The first-order valence-electron chi connectivity index (χ1n) is 6.05. The predicted molar refractivity (Wildman–Crippen MR) is 75.9 cm³/mol. The molecule has 19 heavy (non-hydrogen) atoms. The van der Waals surface area contributed by atoms with Crippen molar-refractivity contribution in [3.63, 3.8) is 0 Å². The van der Waals surface area contributed by atoms with Crippen LogP contribution in [-0.4, -0.2) is 10.8 Å². The minimum atomic E-state index is 0.0391. The fourth-order valence-electron chi connectivity index (χ4n) is 2.32. The van der Waals surface area contributed by atoms with E-state index in [0.29, 0.717) is 29.4 Å². The number of halogens is 1. The third-order valence-corrected chi connectivity index (χ3v) is 3.55. The van der Waals surface area contributed by atoms with Crippen LogP contribution in [0.1, 0.15) is 21.5 Å². The molecule has 0 atom stereocenters. The molecule has 1 amide bonds. The van der Waals surface area contributed by atoms with Crippen LogP contribution in [0.3, 0.4) is 0 Å². The van der Waals surface area contributed by atoms with Gasteiger partial charge in [0.2, 0.25) is 0 Å². The molecule has 0 radical (unpaired) electrons. The molecule has 2 N–H and O–H groups in total. The minimum absolute atomic E-state index is 0.0391. The van der Waals surface area contributed by atoms with Crippen molar-refractivity contribution in [2.75, 3.05) is 5.73 Å².